The van der Waals surface area contributed by atoms with E-state index in [1.54, 1.807) is 0 Å². The lowest BCUT2D eigenvalue weighted by Crippen LogP contribution is -2.47. The Morgan fingerprint density at radius 2 is 1.78 bits per heavy atom. The molecule has 1 unspecified atom stereocenters. The highest BCUT2D eigenvalue weighted by molar-refractivity contribution is 7.89. The number of hydrogen-bond acceptors (Lipinski definition) is 5. The van der Waals surface area contributed by atoms with Crippen LogP contribution in [0.25, 0.3) is 10.9 Å². The number of carbonyl (C=O) groups excluding carboxylic acids is 1. The number of aromatic nitrogens is 1. The number of rotatable bonds is 9. The van der Waals surface area contributed by atoms with Crippen molar-refractivity contribution in [3.8, 4) is 0 Å². The molecule has 0 bridgehead atoms. The molecule has 0 spiro atoms. The number of benzene rings is 2. The highest BCUT2D eigenvalue weighted by Gasteiger charge is 2.25. The van der Waals surface area contributed by atoms with Crippen LogP contribution in [0, 0.1) is 6.92 Å². The molecule has 3 aromatic rings. The van der Waals surface area contributed by atoms with Crippen LogP contribution in [0.1, 0.15) is 36.9 Å². The van der Waals surface area contributed by atoms with E-state index in [2.05, 4.69) is 25.2 Å². The fourth-order valence-electron chi connectivity index (χ4n) is 4.69. The molecule has 192 valence electrons. The molecule has 1 aliphatic rings. The zero-order valence-corrected chi connectivity index (χ0v) is 21.7. The molecule has 2 amide bonds. The van der Waals surface area contributed by atoms with Crippen molar-refractivity contribution < 1.29 is 13.2 Å². The van der Waals surface area contributed by atoms with Crippen molar-refractivity contribution in [3.63, 3.8) is 0 Å². The van der Waals surface area contributed by atoms with Crippen LogP contribution in [-0.2, 0) is 10.0 Å². The van der Waals surface area contributed by atoms with E-state index in [-0.39, 0.29) is 23.7 Å². The summed E-state index contributed by atoms with van der Waals surface area (Å²) in [6.45, 7) is 6.66. The van der Waals surface area contributed by atoms with E-state index in [1.165, 1.54) is 0 Å². The molecule has 0 saturated carbocycles. The number of urea groups is 1. The highest BCUT2D eigenvalue weighted by Crippen LogP contribution is 2.23. The molecule has 9 heteroatoms. The number of aryl methyl sites for hydroxylation is 1. The minimum Gasteiger partial charge on any atom is -0.337 e. The monoisotopic (exact) mass is 509 g/mol. The Hall–Kier alpha value is -3.01. The van der Waals surface area contributed by atoms with Gasteiger partial charge in [0.05, 0.1) is 17.0 Å². The lowest BCUT2D eigenvalue weighted by Gasteiger charge is -2.32. The Morgan fingerprint density at radius 1 is 1.08 bits per heavy atom. The minimum atomic E-state index is -3.36. The number of nitrogens with zero attached hydrogens (tertiary/aromatic N) is 2. The van der Waals surface area contributed by atoms with Crippen LogP contribution in [0.2, 0.25) is 0 Å². The summed E-state index contributed by atoms with van der Waals surface area (Å²) in [5.74, 6) is 0.0257. The van der Waals surface area contributed by atoms with Crippen molar-refractivity contribution in [2.45, 2.75) is 38.6 Å². The molecular weight excluding hydrogens is 474 g/mol. The van der Waals surface area contributed by atoms with E-state index in [0.29, 0.717) is 13.1 Å². The first-order valence-electron chi connectivity index (χ1n) is 12.5. The molecule has 1 fully saturated rings. The summed E-state index contributed by atoms with van der Waals surface area (Å²) in [6, 6.07) is 19.0. The molecule has 1 aliphatic heterocycles. The Bertz CT molecular complexity index is 1280. The molecule has 1 aromatic heterocycles. The van der Waals surface area contributed by atoms with Crippen molar-refractivity contribution in [2.24, 2.45) is 0 Å². The van der Waals surface area contributed by atoms with Crippen LogP contribution in [0.4, 0.5) is 10.5 Å². The van der Waals surface area contributed by atoms with Crippen LogP contribution in [0.15, 0.2) is 60.7 Å². The van der Waals surface area contributed by atoms with E-state index in [4.69, 9.17) is 0 Å². The van der Waals surface area contributed by atoms with Gasteiger partial charge in [0.1, 0.15) is 0 Å². The summed E-state index contributed by atoms with van der Waals surface area (Å²) in [7, 11) is -3.36. The predicted octanol–water partition coefficient (Wildman–Crippen LogP) is 3.85. The molecule has 1 saturated heterocycles. The smallest absolute Gasteiger partial charge is 0.319 e. The van der Waals surface area contributed by atoms with Crippen LogP contribution in [0.3, 0.4) is 0 Å². The molecule has 36 heavy (non-hydrogen) atoms. The van der Waals surface area contributed by atoms with Gasteiger partial charge in [-0.3, -0.25) is 4.98 Å². The molecule has 2 heterocycles. The maximum absolute atomic E-state index is 12.7. The van der Waals surface area contributed by atoms with E-state index in [0.717, 1.165) is 53.8 Å². The summed E-state index contributed by atoms with van der Waals surface area (Å²) in [5.41, 5.74) is 3.46. The van der Waals surface area contributed by atoms with Crippen LogP contribution in [-0.4, -0.2) is 62.3 Å². The SMILES string of the molecule is Cc1cc(NC(=O)NCCN2CCC(NS(=O)(=O)CC(C)c3ccccc3)CC2)c2ccccc2n1. The number of carbonyl (C=O) groups is 1. The van der Waals surface area contributed by atoms with Gasteiger partial charge in [0, 0.05) is 30.2 Å². The van der Waals surface area contributed by atoms with Crippen molar-refractivity contribution in [1.29, 1.82) is 0 Å². The zero-order valence-electron chi connectivity index (χ0n) is 20.9. The van der Waals surface area contributed by atoms with Crippen LogP contribution < -0.4 is 15.4 Å². The number of likely N-dealkylation sites (tertiary alicyclic amines) is 1. The lowest BCUT2D eigenvalue weighted by molar-refractivity contribution is 0.206. The number of piperidine rings is 1. The standard InChI is InChI=1S/C27H35N5O3S/c1-20(22-8-4-3-5-9-22)19-36(34,35)31-23-12-15-32(16-13-23)17-14-28-27(33)30-26-18-21(2)29-25-11-7-6-10-24(25)26/h3-11,18,20,23,31H,12-17,19H2,1-2H3,(H2,28,29,30,33). The Balaban J connectivity index is 1.18. The van der Waals surface area contributed by atoms with Gasteiger partial charge >= 0.3 is 6.03 Å². The first kappa shape index (κ1) is 26.1. The molecule has 1 atom stereocenters. The van der Waals surface area contributed by atoms with Gasteiger partial charge in [-0.25, -0.2) is 17.9 Å². The number of para-hydroxylation sites is 1. The van der Waals surface area contributed by atoms with Crippen molar-refractivity contribution in [2.75, 3.05) is 37.2 Å². The van der Waals surface area contributed by atoms with Crippen LogP contribution in [0.5, 0.6) is 0 Å². The maximum atomic E-state index is 12.7. The zero-order chi connectivity index (χ0) is 25.5. The Kier molecular flexibility index (Phi) is 8.56. The summed E-state index contributed by atoms with van der Waals surface area (Å²) >= 11 is 0. The first-order chi connectivity index (χ1) is 17.3. The topological polar surface area (TPSA) is 103 Å². The van der Waals surface area contributed by atoms with Gasteiger partial charge in [0.15, 0.2) is 0 Å². The molecular formula is C27H35N5O3S. The molecule has 0 radical (unpaired) electrons. The number of amides is 2. The number of sulfonamides is 1. The second-order valence-electron chi connectivity index (χ2n) is 9.54. The first-order valence-corrected chi connectivity index (χ1v) is 14.1. The number of hydrogen-bond donors (Lipinski definition) is 3. The average molecular weight is 510 g/mol. The third-order valence-electron chi connectivity index (χ3n) is 6.58. The molecule has 3 N–H and O–H groups in total. The third-order valence-corrected chi connectivity index (χ3v) is 8.21. The van der Waals surface area contributed by atoms with E-state index < -0.39 is 10.0 Å². The normalized spacial score (nSPS) is 16.1. The number of nitrogens with one attached hydrogen (secondary N) is 3. The summed E-state index contributed by atoms with van der Waals surface area (Å²) in [6.07, 6.45) is 1.51. The number of fused-ring (bicyclic) bond motifs is 1. The Morgan fingerprint density at radius 3 is 2.53 bits per heavy atom. The second-order valence-corrected chi connectivity index (χ2v) is 11.3. The van der Waals surface area contributed by atoms with E-state index >= 15 is 0 Å². The molecule has 2 aromatic carbocycles. The van der Waals surface area contributed by atoms with Gasteiger partial charge in [-0.05, 0) is 56.5 Å². The maximum Gasteiger partial charge on any atom is 0.319 e. The Labute approximate surface area is 213 Å². The average Bonchev–Trinajstić information content (AvgIpc) is 2.85. The fraction of sp³-hybridized carbons (Fsp3) is 0.407. The van der Waals surface area contributed by atoms with E-state index in [9.17, 15) is 13.2 Å². The highest BCUT2D eigenvalue weighted by atomic mass is 32.2. The van der Waals surface area contributed by atoms with Gasteiger partial charge in [0.2, 0.25) is 10.0 Å². The molecule has 4 rings (SSSR count). The largest absolute Gasteiger partial charge is 0.337 e. The molecule has 0 aliphatic carbocycles. The minimum absolute atomic E-state index is 0.0475. The second kappa shape index (κ2) is 11.8. The predicted molar refractivity (Wildman–Crippen MR) is 145 cm³/mol. The molecule has 8 nitrogen and oxygen atoms in total. The fourth-order valence-corrected chi connectivity index (χ4v) is 6.38. The summed E-state index contributed by atoms with van der Waals surface area (Å²) in [5, 5.41) is 6.77. The van der Waals surface area contributed by atoms with Crippen molar-refractivity contribution >= 4 is 32.6 Å². The number of pyridine rings is 1. The van der Waals surface area contributed by atoms with Gasteiger partial charge < -0.3 is 15.5 Å². The quantitative estimate of drug-likeness (QED) is 0.407. The van der Waals surface area contributed by atoms with Crippen molar-refractivity contribution in [3.05, 3.63) is 71.9 Å². The van der Waals surface area contributed by atoms with E-state index in [1.807, 2.05) is 74.5 Å². The van der Waals surface area contributed by atoms with Gasteiger partial charge in [-0.2, -0.15) is 0 Å². The summed E-state index contributed by atoms with van der Waals surface area (Å²) < 4.78 is 28.3. The third kappa shape index (κ3) is 7.25. The van der Waals surface area contributed by atoms with Gasteiger partial charge in [-0.15, -0.1) is 0 Å². The summed E-state index contributed by atoms with van der Waals surface area (Å²) in [4.78, 5) is 19.2. The van der Waals surface area contributed by atoms with Crippen molar-refractivity contribution in [1.82, 2.24) is 19.9 Å². The van der Waals surface area contributed by atoms with Gasteiger partial charge in [-0.1, -0.05) is 55.5 Å². The lowest BCUT2D eigenvalue weighted by atomic mass is 10.0. The van der Waals surface area contributed by atoms with Crippen LogP contribution >= 0.6 is 0 Å². The van der Waals surface area contributed by atoms with Gasteiger partial charge in [0.25, 0.3) is 0 Å². The number of anilines is 1.